The molecule has 0 radical (unpaired) electrons. The quantitative estimate of drug-likeness (QED) is 0.346. The molecule has 12 heavy (non-hydrogen) atoms. The Hall–Kier alpha value is -1.32. The highest BCUT2D eigenvalue weighted by Crippen LogP contribution is 2.23. The number of ether oxygens (including phenoxy) is 2. The van der Waals surface area contributed by atoms with Crippen LogP contribution < -0.4 is 0 Å². The summed E-state index contributed by atoms with van der Waals surface area (Å²) < 4.78 is 9.27. The van der Waals surface area contributed by atoms with Gasteiger partial charge in [-0.1, -0.05) is 0 Å². The number of rotatable bonds is 2. The first-order valence-electron chi connectivity index (χ1n) is 3.63. The molecule has 0 spiro atoms. The summed E-state index contributed by atoms with van der Waals surface area (Å²) in [6.45, 7) is 1.74. The van der Waals surface area contributed by atoms with Crippen molar-refractivity contribution in [3.63, 3.8) is 0 Å². The van der Waals surface area contributed by atoms with Crippen molar-refractivity contribution in [1.82, 2.24) is 0 Å². The van der Waals surface area contributed by atoms with Crippen molar-refractivity contribution in [2.45, 2.75) is 13.3 Å². The van der Waals surface area contributed by atoms with E-state index in [1.54, 1.807) is 13.0 Å². The molecule has 0 aromatic carbocycles. The third-order valence-electron chi connectivity index (χ3n) is 1.73. The molecule has 66 valence electrons. The molecule has 0 saturated carbocycles. The van der Waals surface area contributed by atoms with Crippen LogP contribution in [0.1, 0.15) is 13.3 Å². The average molecular weight is 170 g/mol. The number of methoxy groups -OCH3 is 1. The van der Waals surface area contributed by atoms with Gasteiger partial charge >= 0.3 is 11.9 Å². The van der Waals surface area contributed by atoms with Crippen molar-refractivity contribution in [1.29, 1.82) is 0 Å². The lowest BCUT2D eigenvalue weighted by Crippen LogP contribution is -2.11. The van der Waals surface area contributed by atoms with Crippen LogP contribution in [-0.4, -0.2) is 19.0 Å². The van der Waals surface area contributed by atoms with Crippen LogP contribution in [0.2, 0.25) is 0 Å². The Balaban J connectivity index is 2.76. The first-order chi connectivity index (χ1) is 5.69. The average Bonchev–Trinajstić information content (AvgIpc) is 2.34. The minimum absolute atomic E-state index is 0.0896. The fraction of sp³-hybridized carbons (Fsp3) is 0.500. The Labute approximate surface area is 70.1 Å². The number of carbonyl (C=O) groups excluding carboxylic acids is 2. The molecular weight excluding hydrogens is 160 g/mol. The maximum Gasteiger partial charge on any atom is 0.324 e. The van der Waals surface area contributed by atoms with Crippen LogP contribution >= 0.6 is 0 Å². The minimum atomic E-state index is -0.535. The molecule has 4 heteroatoms. The van der Waals surface area contributed by atoms with Gasteiger partial charge in [-0.3, -0.25) is 9.59 Å². The Morgan fingerprint density at radius 3 is 2.67 bits per heavy atom. The van der Waals surface area contributed by atoms with Crippen LogP contribution in [0.4, 0.5) is 0 Å². The van der Waals surface area contributed by atoms with Crippen LogP contribution in [0.5, 0.6) is 0 Å². The topological polar surface area (TPSA) is 52.6 Å². The highest BCUT2D eigenvalue weighted by atomic mass is 16.6. The molecule has 1 saturated heterocycles. The summed E-state index contributed by atoms with van der Waals surface area (Å²) in [6, 6.07) is 0. The molecule has 0 aromatic rings. The zero-order chi connectivity index (χ0) is 9.14. The fourth-order valence-corrected chi connectivity index (χ4v) is 1.15. The van der Waals surface area contributed by atoms with Crippen molar-refractivity contribution >= 4 is 11.9 Å². The van der Waals surface area contributed by atoms with Crippen LogP contribution in [-0.2, 0) is 19.1 Å². The molecular formula is C8H10O4. The zero-order valence-corrected chi connectivity index (χ0v) is 6.99. The monoisotopic (exact) mass is 170 g/mol. The predicted molar refractivity (Wildman–Crippen MR) is 40.0 cm³/mol. The van der Waals surface area contributed by atoms with Crippen LogP contribution in [0.3, 0.4) is 0 Å². The second-order valence-corrected chi connectivity index (χ2v) is 2.44. The maximum atomic E-state index is 11.0. The van der Waals surface area contributed by atoms with Gasteiger partial charge in [-0.2, -0.15) is 0 Å². The maximum absolute atomic E-state index is 11.0. The Bertz CT molecular complexity index is 241. The van der Waals surface area contributed by atoms with Gasteiger partial charge in [0.05, 0.1) is 13.5 Å². The number of allylic oxidation sites excluding steroid dienone is 1. The van der Waals surface area contributed by atoms with Gasteiger partial charge < -0.3 is 9.47 Å². The van der Waals surface area contributed by atoms with Gasteiger partial charge in [-0.05, 0) is 13.0 Å². The SMILES string of the molecule is CC=C(OC)C1CC(=O)OC1=O. The van der Waals surface area contributed by atoms with Crippen molar-refractivity contribution in [3.05, 3.63) is 11.8 Å². The second-order valence-electron chi connectivity index (χ2n) is 2.44. The summed E-state index contributed by atoms with van der Waals surface area (Å²) in [7, 11) is 1.46. The molecule has 1 unspecified atom stereocenters. The smallest absolute Gasteiger partial charge is 0.324 e. The van der Waals surface area contributed by atoms with E-state index in [4.69, 9.17) is 4.74 Å². The van der Waals surface area contributed by atoms with Gasteiger partial charge in [0.25, 0.3) is 0 Å². The van der Waals surface area contributed by atoms with E-state index in [0.29, 0.717) is 5.76 Å². The predicted octanol–water partition coefficient (Wildman–Crippen LogP) is 0.626. The van der Waals surface area contributed by atoms with Crippen LogP contribution in [0, 0.1) is 5.92 Å². The zero-order valence-electron chi connectivity index (χ0n) is 6.99. The van der Waals surface area contributed by atoms with E-state index in [2.05, 4.69) is 4.74 Å². The Morgan fingerprint density at radius 1 is 1.67 bits per heavy atom. The molecule has 1 fully saturated rings. The Kier molecular flexibility index (Phi) is 2.47. The van der Waals surface area contributed by atoms with Gasteiger partial charge in [0, 0.05) is 0 Å². The lowest BCUT2D eigenvalue weighted by molar-refractivity contribution is -0.153. The molecule has 1 heterocycles. The van der Waals surface area contributed by atoms with Crippen molar-refractivity contribution in [2.75, 3.05) is 7.11 Å². The number of esters is 2. The summed E-state index contributed by atoms with van der Waals surface area (Å²) in [5, 5.41) is 0. The van der Waals surface area contributed by atoms with E-state index < -0.39 is 17.9 Å². The molecule has 0 aromatic heterocycles. The standard InChI is InChI=1S/C8H10O4/c1-3-6(11-2)5-4-7(9)12-8(5)10/h3,5H,4H2,1-2H3. The molecule has 4 nitrogen and oxygen atoms in total. The van der Waals surface area contributed by atoms with Gasteiger partial charge in [0.2, 0.25) is 0 Å². The molecule has 1 rings (SSSR count). The molecule has 1 aliphatic heterocycles. The largest absolute Gasteiger partial charge is 0.501 e. The van der Waals surface area contributed by atoms with E-state index in [1.165, 1.54) is 7.11 Å². The number of cyclic esters (lactones) is 2. The van der Waals surface area contributed by atoms with E-state index in [-0.39, 0.29) is 6.42 Å². The van der Waals surface area contributed by atoms with E-state index in [0.717, 1.165) is 0 Å². The summed E-state index contributed by atoms with van der Waals surface area (Å²) in [5.74, 6) is -1.05. The summed E-state index contributed by atoms with van der Waals surface area (Å²) in [5.41, 5.74) is 0. The van der Waals surface area contributed by atoms with Crippen molar-refractivity contribution < 1.29 is 19.1 Å². The molecule has 1 atom stereocenters. The molecule has 0 amide bonds. The van der Waals surface area contributed by atoms with Gasteiger partial charge in [-0.25, -0.2) is 0 Å². The number of hydrogen-bond acceptors (Lipinski definition) is 4. The highest BCUT2D eigenvalue weighted by Gasteiger charge is 2.36. The molecule has 1 aliphatic rings. The van der Waals surface area contributed by atoms with E-state index >= 15 is 0 Å². The molecule has 0 aliphatic carbocycles. The van der Waals surface area contributed by atoms with Gasteiger partial charge in [0.15, 0.2) is 0 Å². The third-order valence-corrected chi connectivity index (χ3v) is 1.73. The lowest BCUT2D eigenvalue weighted by atomic mass is 10.1. The number of carbonyl (C=O) groups is 2. The minimum Gasteiger partial charge on any atom is -0.501 e. The highest BCUT2D eigenvalue weighted by molar-refractivity contribution is 5.96. The summed E-state index contributed by atoms with van der Waals surface area (Å²) >= 11 is 0. The lowest BCUT2D eigenvalue weighted by Gasteiger charge is -2.07. The number of hydrogen-bond donors (Lipinski definition) is 0. The summed E-state index contributed by atoms with van der Waals surface area (Å²) in [6.07, 6.45) is 1.75. The third kappa shape index (κ3) is 1.47. The van der Waals surface area contributed by atoms with Crippen molar-refractivity contribution in [2.24, 2.45) is 5.92 Å². The second kappa shape index (κ2) is 3.38. The van der Waals surface area contributed by atoms with Crippen LogP contribution in [0.15, 0.2) is 11.8 Å². The van der Waals surface area contributed by atoms with E-state index in [1.807, 2.05) is 0 Å². The van der Waals surface area contributed by atoms with Crippen LogP contribution in [0.25, 0.3) is 0 Å². The van der Waals surface area contributed by atoms with E-state index in [9.17, 15) is 9.59 Å². The van der Waals surface area contributed by atoms with Gasteiger partial charge in [-0.15, -0.1) is 0 Å². The normalized spacial score (nSPS) is 24.2. The first kappa shape index (κ1) is 8.77. The fourth-order valence-electron chi connectivity index (χ4n) is 1.15. The summed E-state index contributed by atoms with van der Waals surface area (Å²) in [4.78, 5) is 21.7. The molecule has 0 N–H and O–H groups in total. The van der Waals surface area contributed by atoms with Gasteiger partial charge in [0.1, 0.15) is 11.7 Å². The Morgan fingerprint density at radius 2 is 2.33 bits per heavy atom. The van der Waals surface area contributed by atoms with Crippen molar-refractivity contribution in [3.8, 4) is 0 Å². The molecule has 0 bridgehead atoms. The first-order valence-corrected chi connectivity index (χ1v) is 3.63.